The van der Waals surface area contributed by atoms with Gasteiger partial charge in [0.1, 0.15) is 5.60 Å². The third kappa shape index (κ3) is 4.35. The zero-order valence-corrected chi connectivity index (χ0v) is 11.7. The summed E-state index contributed by atoms with van der Waals surface area (Å²) in [6.07, 6.45) is 0.322. The lowest BCUT2D eigenvalue weighted by molar-refractivity contribution is -0.153. The van der Waals surface area contributed by atoms with Gasteiger partial charge in [0.05, 0.1) is 6.42 Å². The highest BCUT2D eigenvalue weighted by Gasteiger charge is 2.17. The lowest BCUT2D eigenvalue weighted by Gasteiger charge is -2.19. The molecule has 2 nitrogen and oxygen atoms in total. The molecule has 0 amide bonds. The summed E-state index contributed by atoms with van der Waals surface area (Å²) in [4.78, 5) is 11.7. The van der Waals surface area contributed by atoms with Gasteiger partial charge in [0, 0.05) is 4.47 Å². The van der Waals surface area contributed by atoms with E-state index in [9.17, 15) is 4.79 Å². The van der Waals surface area contributed by atoms with Gasteiger partial charge >= 0.3 is 5.97 Å². The molecule has 0 radical (unpaired) electrons. The van der Waals surface area contributed by atoms with Crippen molar-refractivity contribution in [2.45, 2.75) is 39.7 Å². The number of aryl methyl sites for hydroxylation is 1. The molecule has 0 N–H and O–H groups in total. The quantitative estimate of drug-likeness (QED) is 0.775. The minimum absolute atomic E-state index is 0.186. The van der Waals surface area contributed by atoms with Crippen LogP contribution in [0.3, 0.4) is 0 Å². The van der Waals surface area contributed by atoms with Gasteiger partial charge < -0.3 is 4.74 Å². The number of esters is 1. The molecule has 88 valence electrons. The predicted octanol–water partition coefficient (Wildman–Crippen LogP) is 3.64. The molecular formula is C13H17BrO2. The van der Waals surface area contributed by atoms with Gasteiger partial charge in [-0.1, -0.05) is 22.0 Å². The smallest absolute Gasteiger partial charge is 0.310 e. The molecular weight excluding hydrogens is 268 g/mol. The maximum atomic E-state index is 11.7. The van der Waals surface area contributed by atoms with Gasteiger partial charge in [-0.15, -0.1) is 0 Å². The standard InChI is InChI=1S/C13H17BrO2/c1-9-5-6-11(14)7-10(9)8-12(15)16-13(2,3)4/h5-7H,8H2,1-4H3. The lowest BCUT2D eigenvalue weighted by atomic mass is 10.1. The second kappa shape index (κ2) is 5.00. The molecule has 0 bridgehead atoms. The molecule has 0 spiro atoms. The van der Waals surface area contributed by atoms with Crippen LogP contribution in [0.4, 0.5) is 0 Å². The maximum absolute atomic E-state index is 11.7. The molecule has 0 aromatic heterocycles. The third-order valence-corrected chi connectivity index (χ3v) is 2.56. The summed E-state index contributed by atoms with van der Waals surface area (Å²) in [7, 11) is 0. The van der Waals surface area contributed by atoms with E-state index in [1.54, 1.807) is 0 Å². The van der Waals surface area contributed by atoms with Crippen LogP contribution in [0, 0.1) is 6.92 Å². The average Bonchev–Trinajstić information content (AvgIpc) is 2.08. The Kier molecular flexibility index (Phi) is 4.14. The van der Waals surface area contributed by atoms with E-state index in [1.807, 2.05) is 45.9 Å². The van der Waals surface area contributed by atoms with Gasteiger partial charge in [0.15, 0.2) is 0 Å². The molecule has 1 rings (SSSR count). The first-order valence-corrected chi connectivity index (χ1v) is 6.04. The highest BCUT2D eigenvalue weighted by atomic mass is 79.9. The molecule has 0 aliphatic heterocycles. The van der Waals surface area contributed by atoms with Crippen molar-refractivity contribution >= 4 is 21.9 Å². The topological polar surface area (TPSA) is 26.3 Å². The Morgan fingerprint density at radius 2 is 2.00 bits per heavy atom. The van der Waals surface area contributed by atoms with Crippen LogP contribution in [-0.2, 0) is 16.0 Å². The number of benzene rings is 1. The van der Waals surface area contributed by atoms with Gasteiger partial charge in [0.2, 0.25) is 0 Å². The fourth-order valence-electron chi connectivity index (χ4n) is 1.36. The number of halogens is 1. The second-order valence-electron chi connectivity index (χ2n) is 4.83. The Morgan fingerprint density at radius 3 is 2.56 bits per heavy atom. The van der Waals surface area contributed by atoms with Gasteiger partial charge in [-0.05, 0) is 51.0 Å². The zero-order chi connectivity index (χ0) is 12.3. The first-order chi connectivity index (χ1) is 7.28. The number of hydrogen-bond donors (Lipinski definition) is 0. The monoisotopic (exact) mass is 284 g/mol. The summed E-state index contributed by atoms with van der Waals surface area (Å²) in [5, 5.41) is 0. The molecule has 0 saturated heterocycles. The van der Waals surface area contributed by atoms with E-state index >= 15 is 0 Å². The molecule has 1 aromatic rings. The van der Waals surface area contributed by atoms with E-state index in [0.717, 1.165) is 15.6 Å². The SMILES string of the molecule is Cc1ccc(Br)cc1CC(=O)OC(C)(C)C. The first kappa shape index (κ1) is 13.2. The van der Waals surface area contributed by atoms with Crippen molar-refractivity contribution in [1.82, 2.24) is 0 Å². The molecule has 0 unspecified atom stereocenters. The number of carbonyl (C=O) groups excluding carboxylic acids is 1. The fourth-order valence-corrected chi connectivity index (χ4v) is 1.77. The van der Waals surface area contributed by atoms with E-state index in [4.69, 9.17) is 4.74 Å². The van der Waals surface area contributed by atoms with Crippen LogP contribution in [0.5, 0.6) is 0 Å². The van der Waals surface area contributed by atoms with E-state index in [2.05, 4.69) is 15.9 Å². The number of rotatable bonds is 2. The van der Waals surface area contributed by atoms with Gasteiger partial charge in [-0.2, -0.15) is 0 Å². The third-order valence-electron chi connectivity index (χ3n) is 2.07. The Morgan fingerprint density at radius 1 is 1.38 bits per heavy atom. The van der Waals surface area contributed by atoms with Crippen LogP contribution in [-0.4, -0.2) is 11.6 Å². The Labute approximate surface area is 105 Å². The van der Waals surface area contributed by atoms with Gasteiger partial charge in [-0.3, -0.25) is 4.79 Å². The van der Waals surface area contributed by atoms with Crippen molar-refractivity contribution in [2.75, 3.05) is 0 Å². The number of carbonyl (C=O) groups is 1. The van der Waals surface area contributed by atoms with Crippen molar-refractivity contribution in [3.05, 3.63) is 33.8 Å². The van der Waals surface area contributed by atoms with Crippen molar-refractivity contribution in [3.63, 3.8) is 0 Å². The lowest BCUT2D eigenvalue weighted by Crippen LogP contribution is -2.25. The molecule has 1 aromatic carbocycles. The molecule has 16 heavy (non-hydrogen) atoms. The van der Waals surface area contributed by atoms with Crippen LogP contribution in [0.25, 0.3) is 0 Å². The van der Waals surface area contributed by atoms with E-state index in [1.165, 1.54) is 0 Å². The summed E-state index contributed by atoms with van der Waals surface area (Å²) in [6, 6.07) is 5.91. The first-order valence-electron chi connectivity index (χ1n) is 5.25. The van der Waals surface area contributed by atoms with E-state index in [0.29, 0.717) is 6.42 Å². The predicted molar refractivity (Wildman–Crippen MR) is 68.4 cm³/mol. The van der Waals surface area contributed by atoms with Crippen molar-refractivity contribution < 1.29 is 9.53 Å². The van der Waals surface area contributed by atoms with E-state index < -0.39 is 5.60 Å². The Hall–Kier alpha value is -0.830. The van der Waals surface area contributed by atoms with Crippen molar-refractivity contribution in [2.24, 2.45) is 0 Å². The molecule has 0 aliphatic carbocycles. The largest absolute Gasteiger partial charge is 0.460 e. The highest BCUT2D eigenvalue weighted by molar-refractivity contribution is 9.10. The van der Waals surface area contributed by atoms with Crippen LogP contribution in [0.15, 0.2) is 22.7 Å². The summed E-state index contributed by atoms with van der Waals surface area (Å²) >= 11 is 3.40. The fraction of sp³-hybridized carbons (Fsp3) is 0.462. The normalized spacial score (nSPS) is 11.3. The van der Waals surface area contributed by atoms with E-state index in [-0.39, 0.29) is 5.97 Å². The van der Waals surface area contributed by atoms with Crippen LogP contribution >= 0.6 is 15.9 Å². The average molecular weight is 285 g/mol. The van der Waals surface area contributed by atoms with Crippen molar-refractivity contribution in [3.8, 4) is 0 Å². The molecule has 0 fully saturated rings. The Balaban J connectivity index is 2.73. The highest BCUT2D eigenvalue weighted by Crippen LogP contribution is 2.18. The molecule has 0 aliphatic rings. The molecule has 0 atom stereocenters. The Bertz CT molecular complexity index is 391. The molecule has 0 heterocycles. The maximum Gasteiger partial charge on any atom is 0.310 e. The summed E-state index contributed by atoms with van der Waals surface area (Å²) < 4.78 is 6.27. The van der Waals surface area contributed by atoms with Crippen LogP contribution < -0.4 is 0 Å². The summed E-state index contributed by atoms with van der Waals surface area (Å²) in [5.41, 5.74) is 1.69. The zero-order valence-electron chi connectivity index (χ0n) is 10.1. The van der Waals surface area contributed by atoms with Crippen LogP contribution in [0.1, 0.15) is 31.9 Å². The molecule has 0 saturated carbocycles. The van der Waals surface area contributed by atoms with Crippen LogP contribution in [0.2, 0.25) is 0 Å². The second-order valence-corrected chi connectivity index (χ2v) is 5.75. The summed E-state index contributed by atoms with van der Waals surface area (Å²) in [6.45, 7) is 7.61. The number of hydrogen-bond acceptors (Lipinski definition) is 2. The molecule has 3 heteroatoms. The summed E-state index contributed by atoms with van der Waals surface area (Å²) in [5.74, 6) is -0.186. The van der Waals surface area contributed by atoms with Gasteiger partial charge in [0.25, 0.3) is 0 Å². The van der Waals surface area contributed by atoms with Gasteiger partial charge in [-0.25, -0.2) is 0 Å². The minimum Gasteiger partial charge on any atom is -0.460 e. The minimum atomic E-state index is -0.420. The number of ether oxygens (including phenoxy) is 1. The van der Waals surface area contributed by atoms with Crippen molar-refractivity contribution in [1.29, 1.82) is 0 Å².